The molecule has 0 aromatic carbocycles. The van der Waals surface area contributed by atoms with E-state index >= 15 is 0 Å². The zero-order chi connectivity index (χ0) is 40.5. The number of unbranched alkanes of at least 4 members (excludes halogenated alkanes) is 22. The van der Waals surface area contributed by atoms with E-state index in [4.69, 9.17) is 18.5 Å². The molecule has 0 spiro atoms. The summed E-state index contributed by atoms with van der Waals surface area (Å²) in [6.45, 7) is 5.23. The van der Waals surface area contributed by atoms with E-state index in [9.17, 15) is 23.8 Å². The summed E-state index contributed by atoms with van der Waals surface area (Å²) < 4.78 is 33.3. The first kappa shape index (κ1) is 53.0. The van der Waals surface area contributed by atoms with Crippen molar-refractivity contribution in [2.75, 3.05) is 26.4 Å². The molecule has 0 saturated heterocycles. The van der Waals surface area contributed by atoms with Gasteiger partial charge in [-0.2, -0.15) is 0 Å². The van der Waals surface area contributed by atoms with Gasteiger partial charge in [0.15, 0.2) is 6.10 Å². The van der Waals surface area contributed by atoms with Gasteiger partial charge in [-0.15, -0.1) is 0 Å². The molecule has 11 heteroatoms. The van der Waals surface area contributed by atoms with E-state index in [0.717, 1.165) is 64.2 Å². The Morgan fingerprint density at radius 3 is 1.44 bits per heavy atom. The van der Waals surface area contributed by atoms with Gasteiger partial charge in [0.05, 0.1) is 13.2 Å². The van der Waals surface area contributed by atoms with Crippen molar-refractivity contribution < 1.29 is 42.4 Å². The van der Waals surface area contributed by atoms with E-state index in [1.54, 1.807) is 6.92 Å². The van der Waals surface area contributed by atoms with Crippen LogP contribution in [0.15, 0.2) is 24.3 Å². The maximum Gasteiger partial charge on any atom is 0.472 e. The molecule has 0 radical (unpaired) electrons. The van der Waals surface area contributed by atoms with Gasteiger partial charge in [0, 0.05) is 25.8 Å². The predicted octanol–water partition coefficient (Wildman–Crippen LogP) is 12.2. The van der Waals surface area contributed by atoms with Crippen LogP contribution in [0.3, 0.4) is 0 Å². The normalized spacial score (nSPS) is 13.3. The van der Waals surface area contributed by atoms with Crippen LogP contribution in [0.1, 0.15) is 207 Å². The molecule has 55 heavy (non-hydrogen) atoms. The minimum atomic E-state index is -4.50. The Balaban J connectivity index is 4.41. The zero-order valence-electron chi connectivity index (χ0n) is 35.4. The summed E-state index contributed by atoms with van der Waals surface area (Å²) in [6.07, 6.45) is 39.1. The smallest absolute Gasteiger partial charge is 0.462 e. The first-order valence-corrected chi connectivity index (χ1v) is 23.8. The van der Waals surface area contributed by atoms with Gasteiger partial charge in [0.2, 0.25) is 5.91 Å². The molecule has 0 bridgehead atoms. The van der Waals surface area contributed by atoms with Gasteiger partial charge in [-0.3, -0.25) is 23.4 Å². The van der Waals surface area contributed by atoms with Crippen molar-refractivity contribution in [1.82, 2.24) is 5.32 Å². The number of nitrogens with one attached hydrogen (secondary N) is 1. The van der Waals surface area contributed by atoms with Crippen molar-refractivity contribution >= 4 is 25.7 Å². The Bertz CT molecular complexity index is 1020. The van der Waals surface area contributed by atoms with Crippen LogP contribution in [0.25, 0.3) is 0 Å². The second-order valence-electron chi connectivity index (χ2n) is 14.8. The lowest BCUT2D eigenvalue weighted by atomic mass is 10.1. The molecule has 0 aliphatic heterocycles. The Morgan fingerprint density at radius 2 is 0.982 bits per heavy atom. The summed E-state index contributed by atoms with van der Waals surface area (Å²) in [5, 5.41) is 2.55. The fourth-order valence-electron chi connectivity index (χ4n) is 5.99. The molecule has 2 atom stereocenters. The highest BCUT2D eigenvalue weighted by Crippen LogP contribution is 2.43. The number of rotatable bonds is 41. The monoisotopic (exact) mass is 800 g/mol. The molecule has 1 amide bonds. The number of hydrogen-bond donors (Lipinski definition) is 2. The number of hydrogen-bond acceptors (Lipinski definition) is 8. The van der Waals surface area contributed by atoms with Gasteiger partial charge in [-0.1, -0.05) is 148 Å². The number of phosphoric ester groups is 1. The van der Waals surface area contributed by atoms with Crippen molar-refractivity contribution in [3.05, 3.63) is 24.3 Å². The number of ether oxygens (including phenoxy) is 2. The standard InChI is InChI=1S/C44H82NO9P/c1-4-7-9-11-13-15-17-19-21-23-25-27-29-31-33-35-43(47)51-39-41(40-53-55(49,50)52-38-37-45-42(46)6-3)54-44(48)36-34-32-30-28-26-24-22-20-18-16-14-12-10-8-5-2/h19-22,41H,4-18,23-40H2,1-3H3,(H,45,46)(H,49,50)/b21-19-,22-20-. The minimum Gasteiger partial charge on any atom is -0.462 e. The van der Waals surface area contributed by atoms with Crippen LogP contribution < -0.4 is 5.32 Å². The Hall–Kier alpha value is -2.00. The van der Waals surface area contributed by atoms with Gasteiger partial charge < -0.3 is 19.7 Å². The van der Waals surface area contributed by atoms with Crippen molar-refractivity contribution in [2.24, 2.45) is 0 Å². The summed E-state index contributed by atoms with van der Waals surface area (Å²) in [6, 6.07) is 0. The lowest BCUT2D eigenvalue weighted by Crippen LogP contribution is -2.30. The molecule has 0 saturated carbocycles. The lowest BCUT2D eigenvalue weighted by Gasteiger charge is -2.20. The fourth-order valence-corrected chi connectivity index (χ4v) is 6.74. The van der Waals surface area contributed by atoms with Crippen LogP contribution in [0, 0.1) is 0 Å². The number of carbonyl (C=O) groups is 3. The summed E-state index contributed by atoms with van der Waals surface area (Å²) >= 11 is 0. The molecule has 0 aromatic heterocycles. The number of esters is 2. The molecule has 2 unspecified atom stereocenters. The molecule has 322 valence electrons. The highest BCUT2D eigenvalue weighted by Gasteiger charge is 2.26. The quantitative estimate of drug-likeness (QED) is 0.0268. The van der Waals surface area contributed by atoms with E-state index in [2.05, 4.69) is 43.5 Å². The first-order chi connectivity index (χ1) is 26.7. The molecular weight excluding hydrogens is 717 g/mol. The average molecular weight is 800 g/mol. The van der Waals surface area contributed by atoms with Gasteiger partial charge in [0.1, 0.15) is 6.61 Å². The Kier molecular flexibility index (Phi) is 38.7. The van der Waals surface area contributed by atoms with Crippen molar-refractivity contribution in [2.45, 2.75) is 213 Å². The topological polar surface area (TPSA) is 137 Å². The predicted molar refractivity (Wildman–Crippen MR) is 225 cm³/mol. The molecule has 2 N–H and O–H groups in total. The van der Waals surface area contributed by atoms with E-state index < -0.39 is 32.5 Å². The lowest BCUT2D eigenvalue weighted by molar-refractivity contribution is -0.161. The third kappa shape index (κ3) is 40.0. The van der Waals surface area contributed by atoms with E-state index in [0.29, 0.717) is 12.8 Å². The summed E-state index contributed by atoms with van der Waals surface area (Å²) in [5.74, 6) is -1.10. The second kappa shape index (κ2) is 40.2. The average Bonchev–Trinajstić information content (AvgIpc) is 3.17. The minimum absolute atomic E-state index is 0.0446. The number of amides is 1. The molecular formula is C44H82NO9P. The molecule has 0 fully saturated rings. The Morgan fingerprint density at radius 1 is 0.564 bits per heavy atom. The van der Waals surface area contributed by atoms with Gasteiger partial charge >= 0.3 is 19.8 Å². The summed E-state index contributed by atoms with van der Waals surface area (Å²) in [5.41, 5.74) is 0. The van der Waals surface area contributed by atoms with Gasteiger partial charge in [-0.05, 0) is 64.2 Å². The van der Waals surface area contributed by atoms with Crippen LogP contribution in [0.5, 0.6) is 0 Å². The second-order valence-corrected chi connectivity index (χ2v) is 16.2. The van der Waals surface area contributed by atoms with E-state index in [-0.39, 0.29) is 44.9 Å². The first-order valence-electron chi connectivity index (χ1n) is 22.3. The van der Waals surface area contributed by atoms with Gasteiger partial charge in [0.25, 0.3) is 0 Å². The van der Waals surface area contributed by atoms with E-state index in [1.807, 2.05) is 0 Å². The van der Waals surface area contributed by atoms with Crippen LogP contribution in [-0.4, -0.2) is 55.2 Å². The molecule has 0 aliphatic carbocycles. The molecule has 0 aliphatic rings. The van der Waals surface area contributed by atoms with Gasteiger partial charge in [-0.25, -0.2) is 4.57 Å². The van der Waals surface area contributed by atoms with Crippen molar-refractivity contribution in [3.63, 3.8) is 0 Å². The van der Waals surface area contributed by atoms with E-state index in [1.165, 1.54) is 89.9 Å². The van der Waals surface area contributed by atoms with Crippen LogP contribution in [-0.2, 0) is 37.5 Å². The maximum atomic E-state index is 12.7. The third-order valence-electron chi connectivity index (χ3n) is 9.44. The van der Waals surface area contributed by atoms with Crippen LogP contribution in [0.4, 0.5) is 0 Å². The zero-order valence-corrected chi connectivity index (χ0v) is 36.3. The molecule has 0 rings (SSSR count). The fraction of sp³-hybridized carbons (Fsp3) is 0.841. The van der Waals surface area contributed by atoms with Crippen molar-refractivity contribution in [3.8, 4) is 0 Å². The number of allylic oxidation sites excluding steroid dienone is 4. The maximum absolute atomic E-state index is 12.7. The molecule has 10 nitrogen and oxygen atoms in total. The summed E-state index contributed by atoms with van der Waals surface area (Å²) in [7, 11) is -4.50. The number of carbonyl (C=O) groups excluding carboxylic acids is 3. The third-order valence-corrected chi connectivity index (χ3v) is 10.4. The SMILES string of the molecule is CCCCCCCC/C=C\CCCCCCCC(=O)OCC(COP(=O)(O)OCCNC(=O)CC)OC(=O)CCCCCCC/C=C\CCCCCCCC. The molecule has 0 heterocycles. The highest BCUT2D eigenvalue weighted by atomic mass is 31.2. The van der Waals surface area contributed by atoms with Crippen molar-refractivity contribution in [1.29, 1.82) is 0 Å². The largest absolute Gasteiger partial charge is 0.472 e. The van der Waals surface area contributed by atoms with Crippen LogP contribution >= 0.6 is 7.82 Å². The van der Waals surface area contributed by atoms with Crippen LogP contribution in [0.2, 0.25) is 0 Å². The Labute approximate surface area is 336 Å². The molecule has 0 aromatic rings. The highest BCUT2D eigenvalue weighted by molar-refractivity contribution is 7.47. The number of phosphoric acid groups is 1. The summed E-state index contributed by atoms with van der Waals surface area (Å²) in [4.78, 5) is 46.6.